The zero-order valence-electron chi connectivity index (χ0n) is 13.7. The Bertz CT molecular complexity index is 364. The van der Waals surface area contributed by atoms with E-state index in [1.54, 1.807) is 20.8 Å². The molecule has 0 aromatic rings. The van der Waals surface area contributed by atoms with Crippen LogP contribution in [0.15, 0.2) is 0 Å². The number of unbranched alkanes of at least 4 members (excludes halogenated alkanes) is 1. The molecule has 1 aliphatic rings. The number of amides is 1. The second-order valence-electron chi connectivity index (χ2n) is 6.19. The molecular formula is C15H27NO5. The number of rotatable bonds is 5. The molecule has 1 saturated heterocycles. The van der Waals surface area contributed by atoms with Gasteiger partial charge in [-0.2, -0.15) is 0 Å². The Morgan fingerprint density at radius 1 is 1.29 bits per heavy atom. The number of nitrogens with zero attached hydrogens (tertiary/aromatic N) is 1. The maximum atomic E-state index is 12.2. The Morgan fingerprint density at radius 3 is 2.48 bits per heavy atom. The number of ether oxygens (including phenoxy) is 3. The monoisotopic (exact) mass is 301 g/mol. The summed E-state index contributed by atoms with van der Waals surface area (Å²) in [5.74, 6) is -0.458. The van der Waals surface area contributed by atoms with E-state index in [1.165, 1.54) is 12.0 Å². The fraction of sp³-hybridized carbons (Fsp3) is 0.867. The third-order valence-corrected chi connectivity index (χ3v) is 3.24. The molecule has 1 heterocycles. The normalized spacial score (nSPS) is 22.2. The predicted octanol–water partition coefficient (Wildman–Crippen LogP) is 2.35. The van der Waals surface area contributed by atoms with E-state index in [1.807, 2.05) is 0 Å². The van der Waals surface area contributed by atoms with Crippen LogP contribution < -0.4 is 0 Å². The van der Waals surface area contributed by atoms with Crippen molar-refractivity contribution in [1.82, 2.24) is 4.90 Å². The van der Waals surface area contributed by atoms with E-state index in [9.17, 15) is 9.59 Å². The van der Waals surface area contributed by atoms with Gasteiger partial charge in [0.15, 0.2) is 6.04 Å². The first kappa shape index (κ1) is 17.8. The van der Waals surface area contributed by atoms with Gasteiger partial charge in [-0.25, -0.2) is 9.59 Å². The highest BCUT2D eigenvalue weighted by molar-refractivity contribution is 5.83. The molecule has 0 spiro atoms. The summed E-state index contributed by atoms with van der Waals surface area (Å²) in [6.07, 6.45) is 1.74. The van der Waals surface area contributed by atoms with Crippen LogP contribution >= 0.6 is 0 Å². The van der Waals surface area contributed by atoms with Gasteiger partial charge in [-0.15, -0.1) is 0 Å². The molecule has 1 aliphatic heterocycles. The highest BCUT2D eigenvalue weighted by Gasteiger charge is 2.44. The van der Waals surface area contributed by atoms with E-state index < -0.39 is 23.7 Å². The second-order valence-corrected chi connectivity index (χ2v) is 6.19. The SMILES string of the molecule is CCCCO[C@@H]1CCN(C(=O)OC(C)(C)C)[C@@H]1C(=O)OC. The summed E-state index contributed by atoms with van der Waals surface area (Å²) in [6, 6.07) is -0.721. The molecule has 0 bridgehead atoms. The van der Waals surface area contributed by atoms with E-state index in [-0.39, 0.29) is 6.10 Å². The topological polar surface area (TPSA) is 65.1 Å². The maximum absolute atomic E-state index is 12.2. The van der Waals surface area contributed by atoms with Crippen LogP contribution in [0.3, 0.4) is 0 Å². The van der Waals surface area contributed by atoms with Gasteiger partial charge in [0.25, 0.3) is 0 Å². The van der Waals surface area contributed by atoms with Crippen molar-refractivity contribution in [3.8, 4) is 0 Å². The van der Waals surface area contributed by atoms with Crippen LogP contribution in [0.1, 0.15) is 47.0 Å². The number of carbonyl (C=O) groups is 2. The average molecular weight is 301 g/mol. The lowest BCUT2D eigenvalue weighted by atomic mass is 10.1. The summed E-state index contributed by atoms with van der Waals surface area (Å²) in [5, 5.41) is 0. The van der Waals surface area contributed by atoms with Gasteiger partial charge < -0.3 is 14.2 Å². The second kappa shape index (κ2) is 7.64. The lowest BCUT2D eigenvalue weighted by Gasteiger charge is -2.28. The number of likely N-dealkylation sites (tertiary alicyclic amines) is 1. The zero-order chi connectivity index (χ0) is 16.0. The van der Waals surface area contributed by atoms with Crippen LogP contribution in [-0.2, 0) is 19.0 Å². The Balaban J connectivity index is 2.74. The Labute approximate surface area is 126 Å². The summed E-state index contributed by atoms with van der Waals surface area (Å²) < 4.78 is 15.9. The molecule has 21 heavy (non-hydrogen) atoms. The minimum Gasteiger partial charge on any atom is -0.467 e. The van der Waals surface area contributed by atoms with Crippen molar-refractivity contribution in [3.63, 3.8) is 0 Å². The number of esters is 1. The van der Waals surface area contributed by atoms with E-state index in [4.69, 9.17) is 14.2 Å². The number of methoxy groups -OCH3 is 1. The van der Waals surface area contributed by atoms with E-state index in [0.29, 0.717) is 19.6 Å². The molecule has 122 valence electrons. The summed E-state index contributed by atoms with van der Waals surface area (Å²) in [4.78, 5) is 25.6. The standard InChI is InChI=1S/C15H27NO5/c1-6-7-10-20-11-8-9-16(12(11)13(17)19-5)14(18)21-15(2,3)4/h11-12H,6-10H2,1-5H3/t11-,12+/m1/s1. The molecule has 0 saturated carbocycles. The van der Waals surface area contributed by atoms with Gasteiger partial charge in [0, 0.05) is 13.2 Å². The Kier molecular flexibility index (Phi) is 6.45. The minimum absolute atomic E-state index is 0.323. The summed E-state index contributed by atoms with van der Waals surface area (Å²) >= 11 is 0. The van der Waals surface area contributed by atoms with Crippen LogP contribution in [0, 0.1) is 0 Å². The molecule has 0 radical (unpaired) electrons. The summed E-state index contributed by atoms with van der Waals surface area (Å²) in [5.41, 5.74) is -0.598. The lowest BCUT2D eigenvalue weighted by molar-refractivity contribution is -0.149. The van der Waals surface area contributed by atoms with Crippen molar-refractivity contribution in [3.05, 3.63) is 0 Å². The van der Waals surface area contributed by atoms with E-state index >= 15 is 0 Å². The Hall–Kier alpha value is -1.30. The third-order valence-electron chi connectivity index (χ3n) is 3.24. The molecule has 2 atom stereocenters. The smallest absolute Gasteiger partial charge is 0.411 e. The first-order valence-electron chi connectivity index (χ1n) is 7.49. The molecule has 6 heteroatoms. The molecule has 1 amide bonds. The van der Waals surface area contributed by atoms with Gasteiger partial charge in [-0.05, 0) is 33.6 Å². The molecule has 1 fully saturated rings. The van der Waals surface area contributed by atoms with E-state index in [2.05, 4.69) is 6.92 Å². The van der Waals surface area contributed by atoms with Gasteiger partial charge in [-0.1, -0.05) is 13.3 Å². The lowest BCUT2D eigenvalue weighted by Crippen LogP contribution is -2.48. The van der Waals surface area contributed by atoms with Crippen molar-refractivity contribution in [2.24, 2.45) is 0 Å². The molecule has 6 nitrogen and oxygen atoms in total. The van der Waals surface area contributed by atoms with Crippen molar-refractivity contribution < 1.29 is 23.8 Å². The minimum atomic E-state index is -0.721. The first-order chi connectivity index (χ1) is 9.80. The predicted molar refractivity (Wildman–Crippen MR) is 78.0 cm³/mol. The number of hydrogen-bond donors (Lipinski definition) is 0. The van der Waals surface area contributed by atoms with Crippen molar-refractivity contribution in [1.29, 1.82) is 0 Å². The highest BCUT2D eigenvalue weighted by Crippen LogP contribution is 2.25. The van der Waals surface area contributed by atoms with Gasteiger partial charge in [0.2, 0.25) is 0 Å². The largest absolute Gasteiger partial charge is 0.467 e. The first-order valence-corrected chi connectivity index (χ1v) is 7.49. The summed E-state index contributed by atoms with van der Waals surface area (Å²) in [7, 11) is 1.32. The van der Waals surface area contributed by atoms with E-state index in [0.717, 1.165) is 12.8 Å². The van der Waals surface area contributed by atoms with Crippen LogP contribution in [0.4, 0.5) is 4.79 Å². The molecule has 1 rings (SSSR count). The van der Waals surface area contributed by atoms with Crippen LogP contribution in [0.5, 0.6) is 0 Å². The zero-order valence-corrected chi connectivity index (χ0v) is 13.7. The van der Waals surface area contributed by atoms with Crippen molar-refractivity contribution in [2.75, 3.05) is 20.3 Å². The van der Waals surface area contributed by atoms with Crippen molar-refractivity contribution in [2.45, 2.75) is 64.7 Å². The fourth-order valence-corrected chi connectivity index (χ4v) is 2.24. The Morgan fingerprint density at radius 2 is 1.95 bits per heavy atom. The number of carbonyl (C=O) groups excluding carboxylic acids is 2. The van der Waals surface area contributed by atoms with Crippen molar-refractivity contribution >= 4 is 12.1 Å². The maximum Gasteiger partial charge on any atom is 0.411 e. The molecule has 0 N–H and O–H groups in total. The van der Waals surface area contributed by atoms with Gasteiger partial charge in [0.05, 0.1) is 13.2 Å². The van der Waals surface area contributed by atoms with Crippen LogP contribution in [0.25, 0.3) is 0 Å². The quantitative estimate of drug-likeness (QED) is 0.576. The molecular weight excluding hydrogens is 274 g/mol. The molecule has 0 aromatic carbocycles. The van der Waals surface area contributed by atoms with Gasteiger partial charge >= 0.3 is 12.1 Å². The van der Waals surface area contributed by atoms with Crippen LogP contribution in [-0.4, -0.2) is 55.0 Å². The summed E-state index contributed by atoms with van der Waals surface area (Å²) in [6.45, 7) is 8.47. The van der Waals surface area contributed by atoms with Crippen LogP contribution in [0.2, 0.25) is 0 Å². The molecule has 0 aromatic heterocycles. The van der Waals surface area contributed by atoms with Gasteiger partial charge in [-0.3, -0.25) is 4.90 Å². The molecule has 0 aliphatic carbocycles. The average Bonchev–Trinajstić information content (AvgIpc) is 2.80. The third kappa shape index (κ3) is 5.19. The fourth-order valence-electron chi connectivity index (χ4n) is 2.24. The highest BCUT2D eigenvalue weighted by atomic mass is 16.6. The molecule has 0 unspecified atom stereocenters. The van der Waals surface area contributed by atoms with Gasteiger partial charge in [0.1, 0.15) is 5.60 Å². The number of hydrogen-bond acceptors (Lipinski definition) is 5.